The van der Waals surface area contributed by atoms with Gasteiger partial charge in [0.05, 0.1) is 23.5 Å². The van der Waals surface area contributed by atoms with Crippen LogP contribution >= 0.6 is 23.4 Å². The molecule has 0 spiro atoms. The molecular formula is C28H23ClN2O6S. The molecule has 1 aliphatic rings. The zero-order valence-corrected chi connectivity index (χ0v) is 22.0. The van der Waals surface area contributed by atoms with Gasteiger partial charge in [-0.05, 0) is 65.2 Å². The third-order valence-electron chi connectivity index (χ3n) is 5.67. The molecule has 0 radical (unpaired) electrons. The van der Waals surface area contributed by atoms with E-state index >= 15 is 0 Å². The predicted octanol–water partition coefficient (Wildman–Crippen LogP) is 6.80. The zero-order valence-electron chi connectivity index (χ0n) is 20.4. The van der Waals surface area contributed by atoms with Crippen LogP contribution in [0.3, 0.4) is 0 Å². The Morgan fingerprint density at radius 1 is 1.11 bits per heavy atom. The second-order valence-corrected chi connectivity index (χ2v) is 9.74. The number of halogens is 1. The largest absolute Gasteiger partial charge is 0.493 e. The van der Waals surface area contributed by atoms with E-state index in [0.29, 0.717) is 39.0 Å². The first-order valence-electron chi connectivity index (χ1n) is 11.5. The van der Waals surface area contributed by atoms with Crippen molar-refractivity contribution in [3.05, 3.63) is 116 Å². The quantitative estimate of drug-likeness (QED) is 0.118. The van der Waals surface area contributed by atoms with Gasteiger partial charge in [-0.15, -0.1) is 6.58 Å². The topological polar surface area (TPSA) is 99.0 Å². The number of allylic oxidation sites excluding steroid dienone is 1. The van der Waals surface area contributed by atoms with Crippen molar-refractivity contribution in [3.8, 4) is 11.5 Å². The number of benzene rings is 3. The average Bonchev–Trinajstić information content (AvgIpc) is 3.16. The van der Waals surface area contributed by atoms with Gasteiger partial charge in [-0.25, -0.2) is 0 Å². The number of nitro groups is 1. The van der Waals surface area contributed by atoms with Crippen molar-refractivity contribution in [1.29, 1.82) is 0 Å². The Labute approximate surface area is 228 Å². The minimum Gasteiger partial charge on any atom is -0.493 e. The molecule has 0 saturated carbocycles. The van der Waals surface area contributed by atoms with Crippen LogP contribution in [0.2, 0.25) is 5.02 Å². The second kappa shape index (κ2) is 12.0. The summed E-state index contributed by atoms with van der Waals surface area (Å²) in [5.41, 5.74) is 2.79. The smallest absolute Gasteiger partial charge is 0.293 e. The van der Waals surface area contributed by atoms with E-state index in [4.69, 9.17) is 21.1 Å². The van der Waals surface area contributed by atoms with Crippen LogP contribution in [0.15, 0.2) is 78.2 Å². The van der Waals surface area contributed by atoms with Crippen LogP contribution in [0.5, 0.6) is 11.5 Å². The fourth-order valence-electron chi connectivity index (χ4n) is 3.86. The maximum absolute atomic E-state index is 13.0. The molecule has 38 heavy (non-hydrogen) atoms. The van der Waals surface area contributed by atoms with E-state index < -0.39 is 4.92 Å². The molecule has 0 aromatic heterocycles. The van der Waals surface area contributed by atoms with Gasteiger partial charge in [0.1, 0.15) is 6.61 Å². The molecule has 0 unspecified atom stereocenters. The number of rotatable bonds is 10. The molecular weight excluding hydrogens is 528 g/mol. The van der Waals surface area contributed by atoms with Crippen molar-refractivity contribution in [2.45, 2.75) is 19.6 Å². The Bertz CT molecular complexity index is 1440. The number of nitro benzene ring substituents is 1. The van der Waals surface area contributed by atoms with Crippen LogP contribution in [0.1, 0.15) is 22.3 Å². The molecule has 0 bridgehead atoms. The monoisotopic (exact) mass is 550 g/mol. The van der Waals surface area contributed by atoms with Gasteiger partial charge in [0.25, 0.3) is 16.8 Å². The molecule has 0 atom stereocenters. The third kappa shape index (κ3) is 6.24. The van der Waals surface area contributed by atoms with Crippen LogP contribution in [-0.4, -0.2) is 28.1 Å². The van der Waals surface area contributed by atoms with Crippen LogP contribution in [0.25, 0.3) is 6.08 Å². The van der Waals surface area contributed by atoms with Crippen molar-refractivity contribution >= 4 is 46.3 Å². The fraction of sp³-hybridized carbons (Fsp3) is 0.143. The van der Waals surface area contributed by atoms with Crippen LogP contribution in [0, 0.1) is 10.1 Å². The van der Waals surface area contributed by atoms with Crippen molar-refractivity contribution < 1.29 is 24.0 Å². The average molecular weight is 551 g/mol. The van der Waals surface area contributed by atoms with Crippen LogP contribution in [0.4, 0.5) is 10.5 Å². The van der Waals surface area contributed by atoms with Crippen LogP contribution in [-0.2, 0) is 24.4 Å². The number of hydrogen-bond acceptors (Lipinski definition) is 7. The number of amides is 2. The summed E-state index contributed by atoms with van der Waals surface area (Å²) in [6, 6.07) is 16.7. The van der Waals surface area contributed by atoms with Gasteiger partial charge in [0.2, 0.25) is 0 Å². The standard InChI is InChI=1S/C28H23ClN2O6S/c1-3-5-21-12-20(14-24(36-2)26(21)37-17-19-6-4-7-23(13-19)31(34)35)15-25-27(32)30(28(33)38-25)16-18-8-10-22(29)11-9-18/h3-4,6-15H,1,5,16-17H2,2H3/b25-15+. The molecule has 3 aromatic carbocycles. The lowest BCUT2D eigenvalue weighted by atomic mass is 10.0. The molecule has 2 amide bonds. The number of ether oxygens (including phenoxy) is 2. The molecule has 1 heterocycles. The third-order valence-corrected chi connectivity index (χ3v) is 6.83. The molecule has 194 valence electrons. The highest BCUT2D eigenvalue weighted by molar-refractivity contribution is 8.18. The lowest BCUT2D eigenvalue weighted by molar-refractivity contribution is -0.384. The highest BCUT2D eigenvalue weighted by Gasteiger charge is 2.35. The summed E-state index contributed by atoms with van der Waals surface area (Å²) in [7, 11) is 1.50. The van der Waals surface area contributed by atoms with E-state index in [-0.39, 0.29) is 30.0 Å². The molecule has 1 fully saturated rings. The Balaban J connectivity index is 1.58. The number of thioether (sulfide) groups is 1. The van der Waals surface area contributed by atoms with Crippen molar-refractivity contribution in [1.82, 2.24) is 4.90 Å². The zero-order chi connectivity index (χ0) is 27.2. The van der Waals surface area contributed by atoms with Crippen molar-refractivity contribution in [2.24, 2.45) is 0 Å². The number of non-ortho nitro benzene ring substituents is 1. The maximum Gasteiger partial charge on any atom is 0.293 e. The summed E-state index contributed by atoms with van der Waals surface area (Å²) < 4.78 is 11.6. The van der Waals surface area contributed by atoms with Crippen molar-refractivity contribution in [2.75, 3.05) is 7.11 Å². The molecule has 10 heteroatoms. The van der Waals surface area contributed by atoms with E-state index in [2.05, 4.69) is 6.58 Å². The molecule has 1 aliphatic heterocycles. The number of hydrogen-bond donors (Lipinski definition) is 0. The van der Waals surface area contributed by atoms with Gasteiger partial charge >= 0.3 is 0 Å². The number of nitrogens with zero attached hydrogens (tertiary/aromatic N) is 2. The van der Waals surface area contributed by atoms with E-state index in [0.717, 1.165) is 22.9 Å². The Morgan fingerprint density at radius 2 is 1.87 bits per heavy atom. The molecule has 4 rings (SSSR count). The lowest BCUT2D eigenvalue weighted by Gasteiger charge is -2.16. The van der Waals surface area contributed by atoms with Gasteiger partial charge in [-0.3, -0.25) is 24.6 Å². The van der Waals surface area contributed by atoms with Gasteiger partial charge in [0.15, 0.2) is 11.5 Å². The maximum atomic E-state index is 13.0. The number of imide groups is 1. The summed E-state index contributed by atoms with van der Waals surface area (Å²) in [4.78, 5) is 37.7. The molecule has 3 aromatic rings. The van der Waals surface area contributed by atoms with E-state index in [9.17, 15) is 19.7 Å². The fourth-order valence-corrected chi connectivity index (χ4v) is 4.83. The predicted molar refractivity (Wildman–Crippen MR) is 147 cm³/mol. The molecule has 0 aliphatic carbocycles. The molecule has 0 N–H and O–H groups in total. The number of carbonyl (C=O) groups is 2. The van der Waals surface area contributed by atoms with Gasteiger partial charge in [-0.1, -0.05) is 41.9 Å². The van der Waals surface area contributed by atoms with E-state index in [1.165, 1.54) is 24.1 Å². The first-order valence-corrected chi connectivity index (χ1v) is 12.7. The molecule has 1 saturated heterocycles. The number of carbonyl (C=O) groups excluding carboxylic acids is 2. The molecule has 8 nitrogen and oxygen atoms in total. The SMILES string of the molecule is C=CCc1cc(/C=C2/SC(=O)N(Cc3ccc(Cl)cc3)C2=O)cc(OC)c1OCc1cccc([N+](=O)[O-])c1. The summed E-state index contributed by atoms with van der Waals surface area (Å²) >= 11 is 6.80. The first kappa shape index (κ1) is 27.0. The van der Waals surface area contributed by atoms with Gasteiger partial charge in [0, 0.05) is 22.7 Å². The van der Waals surface area contributed by atoms with Gasteiger partial charge < -0.3 is 9.47 Å². The van der Waals surface area contributed by atoms with E-state index in [1.807, 2.05) is 6.07 Å². The number of methoxy groups -OCH3 is 1. The first-order chi connectivity index (χ1) is 18.3. The summed E-state index contributed by atoms with van der Waals surface area (Å²) in [6.45, 7) is 4.04. The Kier molecular flexibility index (Phi) is 8.50. The second-order valence-electron chi connectivity index (χ2n) is 8.31. The lowest BCUT2D eigenvalue weighted by Crippen LogP contribution is -2.27. The highest BCUT2D eigenvalue weighted by Crippen LogP contribution is 2.38. The highest BCUT2D eigenvalue weighted by atomic mass is 35.5. The van der Waals surface area contributed by atoms with Crippen LogP contribution < -0.4 is 9.47 Å². The minimum atomic E-state index is -0.459. The summed E-state index contributed by atoms with van der Waals surface area (Å²) in [5, 5.41) is 11.3. The minimum absolute atomic E-state index is 0.0234. The Hall–Kier alpha value is -4.08. The van der Waals surface area contributed by atoms with Crippen molar-refractivity contribution in [3.63, 3.8) is 0 Å². The van der Waals surface area contributed by atoms with Gasteiger partial charge in [-0.2, -0.15) is 0 Å². The normalized spacial score (nSPS) is 14.2. The Morgan fingerprint density at radius 3 is 2.55 bits per heavy atom. The van der Waals surface area contributed by atoms with E-state index in [1.54, 1.807) is 54.6 Å². The summed E-state index contributed by atoms with van der Waals surface area (Å²) in [6.07, 6.45) is 3.80. The summed E-state index contributed by atoms with van der Waals surface area (Å²) in [5.74, 6) is 0.499.